The quantitative estimate of drug-likeness (QED) is 0.166. The Morgan fingerprint density at radius 1 is 0.542 bits per heavy atom. The van der Waals surface area contributed by atoms with E-state index in [4.69, 9.17) is 4.42 Å². The van der Waals surface area contributed by atoms with Crippen molar-refractivity contribution in [2.24, 2.45) is 0 Å². The van der Waals surface area contributed by atoms with Gasteiger partial charge in [0.25, 0.3) is 6.71 Å². The van der Waals surface area contributed by atoms with Gasteiger partial charge in [0.05, 0.1) is 10.7 Å². The third-order valence-electron chi connectivity index (χ3n) is 12.8. The topological polar surface area (TPSA) is 19.6 Å². The van der Waals surface area contributed by atoms with Crippen molar-refractivity contribution < 1.29 is 4.42 Å². The number of rotatable bonds is 3. The highest BCUT2D eigenvalue weighted by atomic mass is 32.1. The van der Waals surface area contributed by atoms with E-state index in [1.165, 1.54) is 87.7 Å². The minimum absolute atomic E-state index is 0.0104. The average molecular weight is 789 g/mol. The van der Waals surface area contributed by atoms with Crippen molar-refractivity contribution in [1.29, 1.82) is 0 Å². The van der Waals surface area contributed by atoms with Crippen LogP contribution in [0, 0.1) is 13.8 Å². The molecule has 4 heterocycles. The zero-order chi connectivity index (χ0) is 41.3. The van der Waals surface area contributed by atoms with Crippen LogP contribution < -0.4 is 26.2 Å². The van der Waals surface area contributed by atoms with Crippen LogP contribution in [0.4, 0.5) is 33.4 Å². The molecular weight excluding hydrogens is 735 g/mol. The molecule has 6 aromatic carbocycles. The third-order valence-corrected chi connectivity index (χ3v) is 13.9. The lowest BCUT2D eigenvalue weighted by Gasteiger charge is -2.44. The molecule has 59 heavy (non-hydrogen) atoms. The first kappa shape index (κ1) is 37.7. The predicted octanol–water partition coefficient (Wildman–Crippen LogP) is 13.9. The zero-order valence-electron chi connectivity index (χ0n) is 36.3. The minimum Gasteiger partial charge on any atom is -0.456 e. The summed E-state index contributed by atoms with van der Waals surface area (Å²) in [6.45, 7) is 25.5. The van der Waals surface area contributed by atoms with E-state index in [1.54, 1.807) is 0 Å². The molecule has 2 aliphatic rings. The summed E-state index contributed by atoms with van der Waals surface area (Å²) in [6.07, 6.45) is 0. The number of hydrogen-bond acceptors (Lipinski definition) is 4. The SMILES string of the molecule is Cc1cc(-c2cc3ccccc3o2)cc(C)c1N1c2cccc3c2B(c2cc(C(C)(C)C)ccc2N3c2ccc(C(C)(C)C)cc2)c2c1sc1ccc(C(C)(C)C)cc21. The molecule has 0 N–H and O–H groups in total. The molecule has 2 aliphatic heterocycles. The van der Waals surface area contributed by atoms with Crippen molar-refractivity contribution in [3.63, 3.8) is 0 Å². The number of benzene rings is 6. The fourth-order valence-corrected chi connectivity index (χ4v) is 10.8. The number of fused-ring (bicyclic) bond motifs is 7. The molecule has 0 unspecified atom stereocenters. The summed E-state index contributed by atoms with van der Waals surface area (Å²) in [4.78, 5) is 5.14. The van der Waals surface area contributed by atoms with Crippen molar-refractivity contribution in [1.82, 2.24) is 0 Å². The molecule has 0 aliphatic carbocycles. The van der Waals surface area contributed by atoms with E-state index in [-0.39, 0.29) is 23.0 Å². The number of nitrogens with zero attached hydrogens (tertiary/aromatic N) is 2. The Balaban J connectivity index is 1.27. The molecule has 0 radical (unpaired) electrons. The van der Waals surface area contributed by atoms with Gasteiger partial charge < -0.3 is 14.2 Å². The minimum atomic E-state index is -0.0104. The van der Waals surface area contributed by atoms with Gasteiger partial charge in [-0.2, -0.15) is 0 Å². The molecule has 0 atom stereocenters. The van der Waals surface area contributed by atoms with Crippen molar-refractivity contribution in [3.8, 4) is 11.3 Å². The summed E-state index contributed by atoms with van der Waals surface area (Å²) < 4.78 is 7.75. The van der Waals surface area contributed by atoms with Crippen LogP contribution in [-0.4, -0.2) is 6.71 Å². The smallest absolute Gasteiger partial charge is 0.254 e. The first-order chi connectivity index (χ1) is 28.0. The Hall–Kier alpha value is -5.52. The molecule has 3 nitrogen and oxygen atoms in total. The molecule has 0 fully saturated rings. The molecule has 294 valence electrons. The molecule has 8 aromatic rings. The maximum Gasteiger partial charge on any atom is 0.254 e. The molecule has 0 spiro atoms. The van der Waals surface area contributed by atoms with Crippen molar-refractivity contribution in [3.05, 3.63) is 149 Å². The molecule has 0 bridgehead atoms. The molecular formula is C54H53BN2OS. The number of anilines is 6. The van der Waals surface area contributed by atoms with Gasteiger partial charge in [-0.25, -0.2) is 0 Å². The van der Waals surface area contributed by atoms with Crippen LogP contribution in [0.25, 0.3) is 32.4 Å². The van der Waals surface area contributed by atoms with E-state index >= 15 is 0 Å². The fraction of sp³-hybridized carbons (Fsp3) is 0.259. The van der Waals surface area contributed by atoms with Gasteiger partial charge in [-0.05, 0) is 140 Å². The van der Waals surface area contributed by atoms with Crippen molar-refractivity contribution >= 4 is 88.9 Å². The third kappa shape index (κ3) is 5.99. The lowest BCUT2D eigenvalue weighted by molar-refractivity contribution is 0.590. The van der Waals surface area contributed by atoms with E-state index < -0.39 is 0 Å². The van der Waals surface area contributed by atoms with E-state index in [9.17, 15) is 0 Å². The Kier molecular flexibility index (Phi) is 8.31. The van der Waals surface area contributed by atoms with Crippen LogP contribution in [-0.2, 0) is 16.2 Å². The first-order valence-electron chi connectivity index (χ1n) is 21.1. The Labute approximate surface area is 354 Å². The van der Waals surface area contributed by atoms with Gasteiger partial charge >= 0.3 is 0 Å². The number of thiophene rings is 1. The van der Waals surface area contributed by atoms with Crippen LogP contribution in [0.2, 0.25) is 0 Å². The monoisotopic (exact) mass is 788 g/mol. The average Bonchev–Trinajstić information content (AvgIpc) is 3.79. The molecule has 10 rings (SSSR count). The van der Waals surface area contributed by atoms with Crippen LogP contribution in [0.3, 0.4) is 0 Å². The van der Waals surface area contributed by atoms with E-state index in [0.29, 0.717) is 0 Å². The van der Waals surface area contributed by atoms with Crippen LogP contribution in [0.5, 0.6) is 0 Å². The summed E-state index contributed by atoms with van der Waals surface area (Å²) in [7, 11) is 0. The summed E-state index contributed by atoms with van der Waals surface area (Å²) in [6, 6.07) is 45.9. The highest BCUT2D eigenvalue weighted by molar-refractivity contribution is 7.26. The maximum atomic E-state index is 6.42. The van der Waals surface area contributed by atoms with Gasteiger partial charge in [-0.1, -0.05) is 123 Å². The second kappa shape index (κ2) is 13.0. The number of furan rings is 1. The maximum absolute atomic E-state index is 6.42. The summed E-state index contributed by atoms with van der Waals surface area (Å²) in [5, 5.41) is 3.78. The highest BCUT2D eigenvalue weighted by Crippen LogP contribution is 2.50. The zero-order valence-corrected chi connectivity index (χ0v) is 37.2. The molecule has 0 saturated carbocycles. The first-order valence-corrected chi connectivity index (χ1v) is 21.9. The molecule has 0 amide bonds. The van der Waals surface area contributed by atoms with E-state index in [2.05, 4.69) is 201 Å². The van der Waals surface area contributed by atoms with Gasteiger partial charge in [0.2, 0.25) is 0 Å². The Morgan fingerprint density at radius 3 is 1.81 bits per heavy atom. The van der Waals surface area contributed by atoms with E-state index in [0.717, 1.165) is 22.3 Å². The second-order valence-corrected chi connectivity index (χ2v) is 21.1. The van der Waals surface area contributed by atoms with Crippen molar-refractivity contribution in [2.75, 3.05) is 9.80 Å². The Morgan fingerprint density at radius 2 is 1.15 bits per heavy atom. The standard InChI is InChI=1S/C54H53BN2OS/c1-32-27-35(46-29-34-15-12-13-18-45(34)58-46)28-33(2)50(32)57-44-17-14-16-43-49(44)55(48-40-30-37(53(6,7)8)22-26-47(40)59-51(48)57)41-31-38(54(9,10)11)21-25-42(41)56(43)39-23-19-36(20-24-39)52(3,4)5/h12-31H,1-11H3. The Bertz CT molecular complexity index is 2930. The lowest BCUT2D eigenvalue weighted by Crippen LogP contribution is -2.61. The summed E-state index contributed by atoms with van der Waals surface area (Å²) in [5.41, 5.74) is 18.9. The van der Waals surface area contributed by atoms with E-state index in [1.807, 2.05) is 17.4 Å². The molecule has 5 heteroatoms. The lowest BCUT2D eigenvalue weighted by atomic mass is 9.33. The second-order valence-electron chi connectivity index (χ2n) is 20.0. The molecule has 2 aromatic heterocycles. The number of aryl methyl sites for hydroxylation is 2. The van der Waals surface area contributed by atoms with Crippen LogP contribution >= 0.6 is 11.3 Å². The highest BCUT2D eigenvalue weighted by Gasteiger charge is 2.46. The van der Waals surface area contributed by atoms with Gasteiger partial charge in [-0.3, -0.25) is 0 Å². The van der Waals surface area contributed by atoms with Crippen LogP contribution in [0.15, 0.2) is 126 Å². The van der Waals surface area contributed by atoms with Gasteiger partial charge in [0.1, 0.15) is 11.3 Å². The fourth-order valence-electron chi connectivity index (χ4n) is 9.58. The largest absolute Gasteiger partial charge is 0.456 e. The predicted molar refractivity (Wildman–Crippen MR) is 257 cm³/mol. The molecule has 0 saturated heterocycles. The van der Waals surface area contributed by atoms with Gasteiger partial charge in [-0.15, -0.1) is 11.3 Å². The number of hydrogen-bond donors (Lipinski definition) is 0. The van der Waals surface area contributed by atoms with Crippen LogP contribution in [0.1, 0.15) is 90.1 Å². The van der Waals surface area contributed by atoms with Crippen molar-refractivity contribution in [2.45, 2.75) is 92.4 Å². The normalized spacial score (nSPS) is 13.9. The summed E-state index contributed by atoms with van der Waals surface area (Å²) in [5.74, 6) is 0.899. The number of para-hydroxylation sites is 1. The van der Waals surface area contributed by atoms with Gasteiger partial charge in [0.15, 0.2) is 0 Å². The van der Waals surface area contributed by atoms with Gasteiger partial charge in [0, 0.05) is 38.4 Å². The summed E-state index contributed by atoms with van der Waals surface area (Å²) >= 11 is 1.93.